The van der Waals surface area contributed by atoms with Gasteiger partial charge in [0.15, 0.2) is 15.9 Å². The quantitative estimate of drug-likeness (QED) is 0.609. The lowest BCUT2D eigenvalue weighted by Crippen LogP contribution is -2.42. The molecule has 9 nitrogen and oxygen atoms in total. The zero-order chi connectivity index (χ0) is 23.6. The van der Waals surface area contributed by atoms with Crippen LogP contribution in [0.15, 0.2) is 57.0 Å². The van der Waals surface area contributed by atoms with Gasteiger partial charge in [-0.3, -0.25) is 4.79 Å². The molecular formula is C23H30N4O5S. The number of benzene rings is 1. The molecule has 1 fully saturated rings. The number of rotatable bonds is 7. The van der Waals surface area contributed by atoms with E-state index < -0.39 is 27.3 Å². The number of nitrogens with one attached hydrogen (secondary N) is 1. The third-order valence-electron chi connectivity index (χ3n) is 6.65. The number of allylic oxidation sites excluding steroid dienone is 1. The van der Waals surface area contributed by atoms with Gasteiger partial charge in [-0.05, 0) is 36.8 Å². The van der Waals surface area contributed by atoms with Crippen LogP contribution in [0, 0.1) is 11.8 Å². The summed E-state index contributed by atoms with van der Waals surface area (Å²) in [6, 6.07) is 6.97. The summed E-state index contributed by atoms with van der Waals surface area (Å²) in [5.74, 6) is 0.413. The van der Waals surface area contributed by atoms with Crippen LogP contribution < -0.4 is 16.7 Å². The van der Waals surface area contributed by atoms with Crippen LogP contribution in [0.2, 0.25) is 0 Å². The number of carbonyl (C=O) groups excluding carboxylic acids is 1. The average Bonchev–Trinajstić information content (AvgIpc) is 3.07. The Labute approximate surface area is 192 Å². The van der Waals surface area contributed by atoms with E-state index >= 15 is 0 Å². The minimum Gasteiger partial charge on any atom is -0.354 e. The van der Waals surface area contributed by atoms with Crippen LogP contribution >= 0.6 is 0 Å². The van der Waals surface area contributed by atoms with Crippen molar-refractivity contribution in [1.82, 2.24) is 19.2 Å². The lowest BCUT2D eigenvalue weighted by atomic mass is 9.83. The lowest BCUT2D eigenvalue weighted by Gasteiger charge is -2.27. The second-order valence-corrected chi connectivity index (χ2v) is 11.1. The molecule has 0 radical (unpaired) electrons. The molecule has 1 unspecified atom stereocenters. The number of aromatic nitrogens is 3. The summed E-state index contributed by atoms with van der Waals surface area (Å²) in [6.45, 7) is 2.65. The Morgan fingerprint density at radius 3 is 2.45 bits per heavy atom. The fraction of sp³-hybridized carbons (Fsp3) is 0.522. The highest BCUT2D eigenvalue weighted by Gasteiger charge is 2.29. The molecule has 2 aliphatic rings. The van der Waals surface area contributed by atoms with E-state index in [-0.39, 0.29) is 29.6 Å². The van der Waals surface area contributed by atoms with Crippen LogP contribution in [0.3, 0.4) is 0 Å². The minimum absolute atomic E-state index is 0.137. The van der Waals surface area contributed by atoms with Gasteiger partial charge in [0.1, 0.15) is 0 Å². The van der Waals surface area contributed by atoms with Gasteiger partial charge in [0.2, 0.25) is 5.91 Å². The predicted octanol–water partition coefficient (Wildman–Crippen LogP) is 1.34. The molecule has 1 atom stereocenters. The molecule has 1 saturated carbocycles. The Kier molecular flexibility index (Phi) is 6.73. The second kappa shape index (κ2) is 9.54. The first kappa shape index (κ1) is 23.3. The van der Waals surface area contributed by atoms with Crippen LogP contribution in [-0.2, 0) is 27.7 Å². The smallest absolute Gasteiger partial charge is 0.348 e. The van der Waals surface area contributed by atoms with E-state index in [0.717, 1.165) is 40.9 Å². The van der Waals surface area contributed by atoms with E-state index in [9.17, 15) is 22.8 Å². The number of nitrogens with zero attached hydrogens (tertiary/aromatic N) is 3. The van der Waals surface area contributed by atoms with Gasteiger partial charge in [-0.15, -0.1) is 0 Å². The summed E-state index contributed by atoms with van der Waals surface area (Å²) in [6.07, 6.45) is 7.73. The number of hydrogen-bond acceptors (Lipinski definition) is 5. The van der Waals surface area contributed by atoms with Crippen LogP contribution in [-0.4, -0.2) is 40.6 Å². The molecule has 0 bridgehead atoms. The minimum atomic E-state index is -3.66. The van der Waals surface area contributed by atoms with E-state index in [1.807, 2.05) is 0 Å². The average molecular weight is 475 g/mol. The number of amides is 1. The summed E-state index contributed by atoms with van der Waals surface area (Å²) in [5, 5.41) is 2.94. The molecule has 0 saturated heterocycles. The molecule has 1 aliphatic heterocycles. The van der Waals surface area contributed by atoms with Crippen molar-refractivity contribution in [3.05, 3.63) is 63.5 Å². The molecule has 33 heavy (non-hydrogen) atoms. The van der Waals surface area contributed by atoms with Gasteiger partial charge < -0.3 is 5.32 Å². The van der Waals surface area contributed by atoms with Crippen molar-refractivity contribution in [1.29, 1.82) is 0 Å². The monoisotopic (exact) mass is 474 g/mol. The van der Waals surface area contributed by atoms with Crippen molar-refractivity contribution < 1.29 is 13.2 Å². The first-order chi connectivity index (χ1) is 15.8. The van der Waals surface area contributed by atoms with E-state index in [2.05, 4.69) is 12.2 Å². The summed E-state index contributed by atoms with van der Waals surface area (Å²) in [7, 11) is -3.66. The van der Waals surface area contributed by atoms with E-state index in [1.54, 1.807) is 30.4 Å². The molecule has 2 heterocycles. The molecule has 178 valence electrons. The summed E-state index contributed by atoms with van der Waals surface area (Å²) in [4.78, 5) is 38.9. The van der Waals surface area contributed by atoms with Gasteiger partial charge in [0, 0.05) is 13.1 Å². The van der Waals surface area contributed by atoms with Gasteiger partial charge in [-0.1, -0.05) is 50.1 Å². The Balaban J connectivity index is 1.49. The third-order valence-corrected chi connectivity index (χ3v) is 8.36. The largest absolute Gasteiger partial charge is 0.354 e. The number of hydrogen-bond donors (Lipinski definition) is 1. The van der Waals surface area contributed by atoms with Crippen LogP contribution in [0.1, 0.15) is 38.6 Å². The van der Waals surface area contributed by atoms with Gasteiger partial charge in [0.25, 0.3) is 0 Å². The predicted molar refractivity (Wildman–Crippen MR) is 124 cm³/mol. The van der Waals surface area contributed by atoms with Crippen LogP contribution in [0.5, 0.6) is 0 Å². The van der Waals surface area contributed by atoms with E-state index in [1.165, 1.54) is 16.8 Å². The zero-order valence-electron chi connectivity index (χ0n) is 18.7. The van der Waals surface area contributed by atoms with Crippen LogP contribution in [0.4, 0.5) is 0 Å². The van der Waals surface area contributed by atoms with Crippen molar-refractivity contribution in [3.63, 3.8) is 0 Å². The standard InChI is InChI=1S/C23H30N4O5S/c1-17-9-11-18(12-10-17)16-24-21(28)20-8-5-13-26-22(29)25(23(30)27(20)26)14-15-33(31,32)19-6-3-2-4-7-19/h2-8,17-18,20H,9-16H2,1H3,(H,24,28). The van der Waals surface area contributed by atoms with E-state index in [0.29, 0.717) is 12.5 Å². The topological polar surface area (TPSA) is 112 Å². The molecule has 2 aromatic rings. The highest BCUT2D eigenvalue weighted by atomic mass is 32.2. The number of sulfone groups is 1. The van der Waals surface area contributed by atoms with Crippen molar-refractivity contribution in [2.45, 2.75) is 56.6 Å². The normalized spacial score (nSPS) is 22.6. The van der Waals surface area contributed by atoms with Gasteiger partial charge in [-0.2, -0.15) is 0 Å². The van der Waals surface area contributed by atoms with Crippen LogP contribution in [0.25, 0.3) is 0 Å². The fourth-order valence-electron chi connectivity index (χ4n) is 4.58. The van der Waals surface area contributed by atoms with Crippen molar-refractivity contribution >= 4 is 15.7 Å². The molecule has 1 aromatic heterocycles. The number of carbonyl (C=O) groups is 1. The first-order valence-electron chi connectivity index (χ1n) is 11.4. The van der Waals surface area contributed by atoms with Gasteiger partial charge in [0.05, 0.1) is 17.2 Å². The Hall–Kier alpha value is -2.88. The Morgan fingerprint density at radius 2 is 1.76 bits per heavy atom. The molecule has 10 heteroatoms. The maximum atomic E-state index is 13.0. The maximum absolute atomic E-state index is 13.0. The van der Waals surface area contributed by atoms with Crippen molar-refractivity contribution in [2.75, 3.05) is 12.3 Å². The Bertz CT molecular complexity index is 1250. The highest BCUT2D eigenvalue weighted by Crippen LogP contribution is 2.27. The summed E-state index contributed by atoms with van der Waals surface area (Å²) >= 11 is 0. The highest BCUT2D eigenvalue weighted by molar-refractivity contribution is 7.91. The SMILES string of the molecule is CC1CCC(CNC(=O)C2C=CCn3c(=O)n(CCS(=O)(=O)c4ccccc4)c(=O)n32)CC1. The van der Waals surface area contributed by atoms with Crippen molar-refractivity contribution in [2.24, 2.45) is 11.8 Å². The molecule has 1 aliphatic carbocycles. The van der Waals surface area contributed by atoms with Gasteiger partial charge >= 0.3 is 11.4 Å². The third kappa shape index (κ3) is 4.90. The molecule has 1 N–H and O–H groups in total. The second-order valence-electron chi connectivity index (χ2n) is 9.02. The maximum Gasteiger partial charge on any atom is 0.348 e. The zero-order valence-corrected chi connectivity index (χ0v) is 19.5. The van der Waals surface area contributed by atoms with E-state index in [4.69, 9.17) is 0 Å². The first-order valence-corrected chi connectivity index (χ1v) is 13.1. The summed E-state index contributed by atoms with van der Waals surface area (Å²) in [5.41, 5.74) is -1.30. The summed E-state index contributed by atoms with van der Waals surface area (Å²) < 4.78 is 28.4. The fourth-order valence-corrected chi connectivity index (χ4v) is 5.81. The lowest BCUT2D eigenvalue weighted by molar-refractivity contribution is -0.124. The van der Waals surface area contributed by atoms with Gasteiger partial charge in [-0.25, -0.2) is 31.9 Å². The molecule has 4 rings (SSSR count). The molecular weight excluding hydrogens is 444 g/mol. The molecule has 1 amide bonds. The van der Waals surface area contributed by atoms with Crippen molar-refractivity contribution in [3.8, 4) is 0 Å². The molecule has 0 spiro atoms. The Morgan fingerprint density at radius 1 is 1.06 bits per heavy atom. The number of fused-ring (bicyclic) bond motifs is 1. The molecule has 1 aromatic carbocycles.